The van der Waals surface area contributed by atoms with Gasteiger partial charge in [-0.1, -0.05) is 0 Å². The lowest BCUT2D eigenvalue weighted by Gasteiger charge is -2.07. The summed E-state index contributed by atoms with van der Waals surface area (Å²) in [5, 5.41) is 0. The number of aromatic nitrogens is 1. The molecule has 0 aromatic carbocycles. The molecular formula is C13H20N2O5. The number of hydrogen-bond acceptors (Lipinski definition) is 7. The molecule has 0 aliphatic carbocycles. The van der Waals surface area contributed by atoms with Gasteiger partial charge in [-0.2, -0.15) is 0 Å². The topological polar surface area (TPSA) is 92.9 Å². The highest BCUT2D eigenvalue weighted by atomic mass is 16.6. The van der Waals surface area contributed by atoms with E-state index >= 15 is 0 Å². The Kier molecular flexibility index (Phi) is 8.28. The summed E-state index contributed by atoms with van der Waals surface area (Å²) in [4.78, 5) is 15.4. The van der Waals surface area contributed by atoms with E-state index in [1.54, 1.807) is 13.2 Å². The van der Waals surface area contributed by atoms with Gasteiger partial charge in [-0.3, -0.25) is 0 Å². The number of pyridine rings is 1. The molecule has 0 atom stereocenters. The first-order chi connectivity index (χ1) is 9.74. The van der Waals surface area contributed by atoms with E-state index in [4.69, 9.17) is 24.7 Å². The van der Waals surface area contributed by atoms with E-state index in [9.17, 15) is 4.79 Å². The minimum Gasteiger partial charge on any atom is -0.460 e. The number of ether oxygens (including phenoxy) is 4. The Morgan fingerprint density at radius 1 is 1.15 bits per heavy atom. The molecule has 0 fully saturated rings. The van der Waals surface area contributed by atoms with Gasteiger partial charge >= 0.3 is 5.97 Å². The largest absolute Gasteiger partial charge is 0.460 e. The van der Waals surface area contributed by atoms with E-state index in [0.29, 0.717) is 38.6 Å². The Bertz CT molecular complexity index is 400. The van der Waals surface area contributed by atoms with Crippen molar-refractivity contribution in [2.24, 2.45) is 0 Å². The maximum absolute atomic E-state index is 11.6. The number of anilines is 1. The van der Waals surface area contributed by atoms with Crippen molar-refractivity contribution in [1.82, 2.24) is 4.98 Å². The SMILES string of the molecule is COCCOCCOCCOC(=O)c1ccnc(N)c1. The molecular weight excluding hydrogens is 264 g/mol. The van der Waals surface area contributed by atoms with Crippen LogP contribution in [0.5, 0.6) is 0 Å². The molecule has 0 spiro atoms. The predicted octanol–water partition coefficient (Wildman–Crippen LogP) is 0.500. The van der Waals surface area contributed by atoms with E-state index in [-0.39, 0.29) is 12.4 Å². The Hall–Kier alpha value is -1.70. The zero-order valence-electron chi connectivity index (χ0n) is 11.5. The number of carbonyl (C=O) groups is 1. The first kappa shape index (κ1) is 16.4. The van der Waals surface area contributed by atoms with Gasteiger partial charge in [0.1, 0.15) is 12.4 Å². The van der Waals surface area contributed by atoms with E-state index in [0.717, 1.165) is 0 Å². The van der Waals surface area contributed by atoms with Crippen LogP contribution < -0.4 is 5.73 Å². The number of hydrogen-bond donors (Lipinski definition) is 1. The molecule has 20 heavy (non-hydrogen) atoms. The minimum atomic E-state index is -0.445. The molecule has 0 aliphatic rings. The molecule has 0 unspecified atom stereocenters. The fourth-order valence-electron chi connectivity index (χ4n) is 1.32. The quantitative estimate of drug-likeness (QED) is 0.494. The number of rotatable bonds is 10. The Morgan fingerprint density at radius 2 is 1.80 bits per heavy atom. The molecule has 7 nitrogen and oxygen atoms in total. The smallest absolute Gasteiger partial charge is 0.338 e. The highest BCUT2D eigenvalue weighted by Gasteiger charge is 2.07. The third kappa shape index (κ3) is 7.03. The molecule has 112 valence electrons. The molecule has 0 amide bonds. The summed E-state index contributed by atoms with van der Waals surface area (Å²) in [5.74, 6) is -0.164. The van der Waals surface area contributed by atoms with E-state index in [2.05, 4.69) is 4.98 Å². The Balaban J connectivity index is 2.02. The van der Waals surface area contributed by atoms with Crippen molar-refractivity contribution in [2.75, 3.05) is 52.5 Å². The summed E-state index contributed by atoms with van der Waals surface area (Å²) in [6.45, 7) is 2.53. The molecule has 1 aromatic heterocycles. The Morgan fingerprint density at radius 3 is 2.45 bits per heavy atom. The first-order valence-corrected chi connectivity index (χ1v) is 6.27. The van der Waals surface area contributed by atoms with Gasteiger partial charge in [0, 0.05) is 13.3 Å². The summed E-state index contributed by atoms with van der Waals surface area (Å²) in [7, 11) is 1.62. The van der Waals surface area contributed by atoms with Crippen LogP contribution in [0.15, 0.2) is 18.3 Å². The van der Waals surface area contributed by atoms with Gasteiger partial charge in [0.2, 0.25) is 0 Å². The van der Waals surface area contributed by atoms with E-state index < -0.39 is 5.97 Å². The third-order valence-electron chi connectivity index (χ3n) is 2.28. The van der Waals surface area contributed by atoms with Crippen molar-refractivity contribution >= 4 is 11.8 Å². The van der Waals surface area contributed by atoms with Crippen LogP contribution >= 0.6 is 0 Å². The lowest BCUT2D eigenvalue weighted by atomic mass is 10.3. The summed E-state index contributed by atoms with van der Waals surface area (Å²) >= 11 is 0. The second-order valence-electron chi connectivity index (χ2n) is 3.82. The maximum atomic E-state index is 11.6. The number of methoxy groups -OCH3 is 1. The van der Waals surface area contributed by atoms with Gasteiger partial charge in [0.15, 0.2) is 0 Å². The van der Waals surface area contributed by atoms with Gasteiger partial charge in [-0.15, -0.1) is 0 Å². The van der Waals surface area contributed by atoms with Crippen LogP contribution in [0.2, 0.25) is 0 Å². The number of carbonyl (C=O) groups excluding carboxylic acids is 1. The van der Waals surface area contributed by atoms with Gasteiger partial charge in [0.05, 0.1) is 38.6 Å². The molecule has 2 N–H and O–H groups in total. The second-order valence-corrected chi connectivity index (χ2v) is 3.82. The normalized spacial score (nSPS) is 10.4. The lowest BCUT2D eigenvalue weighted by Crippen LogP contribution is -2.14. The third-order valence-corrected chi connectivity index (χ3v) is 2.28. The van der Waals surface area contributed by atoms with Crippen LogP contribution in [0, 0.1) is 0 Å². The van der Waals surface area contributed by atoms with E-state index in [1.165, 1.54) is 12.3 Å². The van der Waals surface area contributed by atoms with Crippen LogP contribution in [-0.4, -0.2) is 57.7 Å². The molecule has 0 bridgehead atoms. The fourth-order valence-corrected chi connectivity index (χ4v) is 1.32. The van der Waals surface area contributed by atoms with Gasteiger partial charge < -0.3 is 24.7 Å². The van der Waals surface area contributed by atoms with Crippen LogP contribution in [0.1, 0.15) is 10.4 Å². The highest BCUT2D eigenvalue weighted by Crippen LogP contribution is 2.04. The number of nitrogens with zero attached hydrogens (tertiary/aromatic N) is 1. The fraction of sp³-hybridized carbons (Fsp3) is 0.538. The summed E-state index contributed by atoms with van der Waals surface area (Å²) in [6, 6.07) is 3.01. The van der Waals surface area contributed by atoms with Crippen LogP contribution in [0.4, 0.5) is 5.82 Å². The average molecular weight is 284 g/mol. The van der Waals surface area contributed by atoms with Crippen molar-refractivity contribution in [1.29, 1.82) is 0 Å². The average Bonchev–Trinajstić information content (AvgIpc) is 2.45. The summed E-state index contributed by atoms with van der Waals surface area (Å²) in [6.07, 6.45) is 1.46. The molecule has 7 heteroatoms. The predicted molar refractivity (Wildman–Crippen MR) is 72.4 cm³/mol. The number of nitrogen functional groups attached to an aromatic ring is 1. The minimum absolute atomic E-state index is 0.180. The van der Waals surface area contributed by atoms with Crippen LogP contribution in [-0.2, 0) is 18.9 Å². The number of esters is 1. The van der Waals surface area contributed by atoms with E-state index in [1.807, 2.05) is 0 Å². The van der Waals surface area contributed by atoms with Gasteiger partial charge in [0.25, 0.3) is 0 Å². The van der Waals surface area contributed by atoms with Crippen LogP contribution in [0.3, 0.4) is 0 Å². The number of nitrogens with two attached hydrogens (primary N) is 1. The molecule has 1 heterocycles. The van der Waals surface area contributed by atoms with Crippen molar-refractivity contribution in [3.05, 3.63) is 23.9 Å². The standard InChI is InChI=1S/C13H20N2O5/c1-17-4-5-18-6-7-19-8-9-20-13(16)11-2-3-15-12(14)10-11/h2-3,10H,4-9H2,1H3,(H2,14,15). The zero-order valence-corrected chi connectivity index (χ0v) is 11.5. The lowest BCUT2D eigenvalue weighted by molar-refractivity contribution is 0.00570. The maximum Gasteiger partial charge on any atom is 0.338 e. The molecule has 0 saturated heterocycles. The Labute approximate surface area is 118 Å². The monoisotopic (exact) mass is 284 g/mol. The van der Waals surface area contributed by atoms with Gasteiger partial charge in [-0.25, -0.2) is 9.78 Å². The first-order valence-electron chi connectivity index (χ1n) is 6.27. The van der Waals surface area contributed by atoms with Crippen molar-refractivity contribution in [3.63, 3.8) is 0 Å². The summed E-state index contributed by atoms with van der Waals surface area (Å²) in [5.41, 5.74) is 5.85. The molecule has 0 saturated carbocycles. The second kappa shape index (κ2) is 10.1. The van der Waals surface area contributed by atoms with Crippen molar-refractivity contribution in [2.45, 2.75) is 0 Å². The molecule has 0 aliphatic heterocycles. The molecule has 0 radical (unpaired) electrons. The zero-order chi connectivity index (χ0) is 14.6. The summed E-state index contributed by atoms with van der Waals surface area (Å²) < 4.78 is 20.3. The highest BCUT2D eigenvalue weighted by molar-refractivity contribution is 5.89. The molecule has 1 aromatic rings. The van der Waals surface area contributed by atoms with Crippen molar-refractivity contribution < 1.29 is 23.7 Å². The van der Waals surface area contributed by atoms with Crippen molar-refractivity contribution in [3.8, 4) is 0 Å². The van der Waals surface area contributed by atoms with Gasteiger partial charge in [-0.05, 0) is 12.1 Å². The van der Waals surface area contributed by atoms with Crippen LogP contribution in [0.25, 0.3) is 0 Å². The molecule has 1 rings (SSSR count).